The number of aryl methyl sites for hydroxylation is 1. The molecule has 0 saturated heterocycles. The maximum atomic E-state index is 4.43. The van der Waals surface area contributed by atoms with Crippen LogP contribution in [0.5, 0.6) is 0 Å². The average Bonchev–Trinajstić information content (AvgIpc) is 2.89. The van der Waals surface area contributed by atoms with Crippen molar-refractivity contribution >= 4 is 0 Å². The standard InChI is InChI=1S/C14H12N4/c1-11-5-4-7-14(17-11)18-10-12(9-16-18)13-6-2-3-8-15-13/h2-10H,1H3. The monoisotopic (exact) mass is 236 g/mol. The van der Waals surface area contributed by atoms with Gasteiger partial charge in [0.05, 0.1) is 11.9 Å². The largest absolute Gasteiger partial charge is 0.256 e. The van der Waals surface area contributed by atoms with E-state index in [2.05, 4.69) is 15.1 Å². The minimum Gasteiger partial charge on any atom is -0.256 e. The molecule has 0 spiro atoms. The van der Waals surface area contributed by atoms with Gasteiger partial charge >= 0.3 is 0 Å². The highest BCUT2D eigenvalue weighted by Gasteiger charge is 2.04. The fraction of sp³-hybridized carbons (Fsp3) is 0.0714. The van der Waals surface area contributed by atoms with Crippen LogP contribution in [0.4, 0.5) is 0 Å². The van der Waals surface area contributed by atoms with Crippen molar-refractivity contribution in [2.24, 2.45) is 0 Å². The molecule has 3 aromatic rings. The molecule has 0 saturated carbocycles. The second-order valence-corrected chi connectivity index (χ2v) is 4.03. The maximum absolute atomic E-state index is 4.43. The zero-order valence-corrected chi connectivity index (χ0v) is 9.99. The molecule has 88 valence electrons. The molecule has 0 N–H and O–H groups in total. The maximum Gasteiger partial charge on any atom is 0.153 e. The first-order valence-electron chi connectivity index (χ1n) is 5.73. The summed E-state index contributed by atoms with van der Waals surface area (Å²) in [5.41, 5.74) is 2.87. The molecule has 4 nitrogen and oxygen atoms in total. The summed E-state index contributed by atoms with van der Waals surface area (Å²) >= 11 is 0. The highest BCUT2D eigenvalue weighted by molar-refractivity contribution is 5.56. The Morgan fingerprint density at radius 2 is 2.00 bits per heavy atom. The molecule has 4 heteroatoms. The molecule has 18 heavy (non-hydrogen) atoms. The molecule has 0 aliphatic carbocycles. The van der Waals surface area contributed by atoms with Crippen molar-refractivity contribution in [2.45, 2.75) is 6.92 Å². The van der Waals surface area contributed by atoms with Crippen LogP contribution in [0.2, 0.25) is 0 Å². The van der Waals surface area contributed by atoms with Crippen molar-refractivity contribution in [1.82, 2.24) is 19.7 Å². The molecule has 3 heterocycles. The number of aromatic nitrogens is 4. The summed E-state index contributed by atoms with van der Waals surface area (Å²) in [6.07, 6.45) is 5.51. The SMILES string of the molecule is Cc1cccc(-n2cc(-c3ccccn3)cn2)n1. The lowest BCUT2D eigenvalue weighted by Gasteiger charge is -2.00. The molecule has 0 aromatic carbocycles. The summed E-state index contributed by atoms with van der Waals surface area (Å²) in [5.74, 6) is 0.817. The van der Waals surface area contributed by atoms with E-state index in [1.54, 1.807) is 17.1 Å². The summed E-state index contributed by atoms with van der Waals surface area (Å²) in [4.78, 5) is 8.73. The molecule has 3 aromatic heterocycles. The first kappa shape index (κ1) is 10.7. The Kier molecular flexibility index (Phi) is 2.61. The lowest BCUT2D eigenvalue weighted by atomic mass is 10.2. The topological polar surface area (TPSA) is 43.6 Å². The summed E-state index contributed by atoms with van der Waals surface area (Å²) in [5, 5.41) is 4.32. The van der Waals surface area contributed by atoms with E-state index in [-0.39, 0.29) is 0 Å². The van der Waals surface area contributed by atoms with E-state index in [1.807, 2.05) is 49.5 Å². The van der Waals surface area contributed by atoms with Gasteiger partial charge < -0.3 is 0 Å². The van der Waals surface area contributed by atoms with Crippen molar-refractivity contribution in [3.05, 3.63) is 60.7 Å². The zero-order valence-electron chi connectivity index (χ0n) is 9.99. The minimum absolute atomic E-state index is 0.817. The Bertz CT molecular complexity index is 658. The van der Waals surface area contributed by atoms with E-state index in [0.717, 1.165) is 22.8 Å². The van der Waals surface area contributed by atoms with Gasteiger partial charge in [0.15, 0.2) is 5.82 Å². The van der Waals surface area contributed by atoms with Crippen LogP contribution in [-0.4, -0.2) is 19.7 Å². The predicted molar refractivity (Wildman–Crippen MR) is 69.3 cm³/mol. The van der Waals surface area contributed by atoms with Crippen molar-refractivity contribution < 1.29 is 0 Å². The van der Waals surface area contributed by atoms with Gasteiger partial charge in [0.25, 0.3) is 0 Å². The Balaban J connectivity index is 2.00. The number of pyridine rings is 2. The van der Waals surface area contributed by atoms with Gasteiger partial charge in [-0.25, -0.2) is 9.67 Å². The lowest BCUT2D eigenvalue weighted by molar-refractivity contribution is 0.841. The zero-order chi connectivity index (χ0) is 12.4. The fourth-order valence-electron chi connectivity index (χ4n) is 1.77. The molecule has 0 aliphatic rings. The van der Waals surface area contributed by atoms with Crippen molar-refractivity contribution in [2.75, 3.05) is 0 Å². The van der Waals surface area contributed by atoms with E-state index in [1.165, 1.54) is 0 Å². The molecule has 0 fully saturated rings. The number of hydrogen-bond donors (Lipinski definition) is 0. The Hall–Kier alpha value is -2.49. The van der Waals surface area contributed by atoms with Gasteiger partial charge in [-0.05, 0) is 31.2 Å². The summed E-state index contributed by atoms with van der Waals surface area (Å²) < 4.78 is 1.76. The molecule has 3 rings (SSSR count). The summed E-state index contributed by atoms with van der Waals surface area (Å²) in [7, 11) is 0. The van der Waals surface area contributed by atoms with Crippen LogP contribution in [0, 0.1) is 6.92 Å². The molecule has 0 radical (unpaired) electrons. The summed E-state index contributed by atoms with van der Waals surface area (Å²) in [6, 6.07) is 11.7. The predicted octanol–water partition coefficient (Wildman–Crippen LogP) is 2.64. The number of nitrogens with zero attached hydrogens (tertiary/aromatic N) is 4. The molecular weight excluding hydrogens is 224 g/mol. The van der Waals surface area contributed by atoms with Crippen molar-refractivity contribution in [3.8, 4) is 17.1 Å². The van der Waals surface area contributed by atoms with Crippen LogP contribution in [0.3, 0.4) is 0 Å². The third kappa shape index (κ3) is 2.00. The van der Waals surface area contributed by atoms with Crippen LogP contribution in [0.1, 0.15) is 5.69 Å². The van der Waals surface area contributed by atoms with Gasteiger partial charge in [0, 0.05) is 23.7 Å². The third-order valence-corrected chi connectivity index (χ3v) is 2.65. The lowest BCUT2D eigenvalue weighted by Crippen LogP contribution is -1.98. The second kappa shape index (κ2) is 4.41. The van der Waals surface area contributed by atoms with E-state index in [4.69, 9.17) is 0 Å². The van der Waals surface area contributed by atoms with Gasteiger partial charge in [0.2, 0.25) is 0 Å². The van der Waals surface area contributed by atoms with Gasteiger partial charge in [-0.1, -0.05) is 12.1 Å². The average molecular weight is 236 g/mol. The molecular formula is C14H12N4. The van der Waals surface area contributed by atoms with Gasteiger partial charge in [-0.2, -0.15) is 5.10 Å². The Labute approximate surface area is 105 Å². The van der Waals surface area contributed by atoms with E-state index >= 15 is 0 Å². The summed E-state index contributed by atoms with van der Waals surface area (Å²) in [6.45, 7) is 1.96. The molecule has 0 unspecified atom stereocenters. The van der Waals surface area contributed by atoms with E-state index < -0.39 is 0 Å². The van der Waals surface area contributed by atoms with Crippen molar-refractivity contribution in [3.63, 3.8) is 0 Å². The van der Waals surface area contributed by atoms with Crippen LogP contribution >= 0.6 is 0 Å². The van der Waals surface area contributed by atoms with Gasteiger partial charge in [-0.15, -0.1) is 0 Å². The van der Waals surface area contributed by atoms with Crippen LogP contribution in [0.15, 0.2) is 55.0 Å². The minimum atomic E-state index is 0.817. The molecule has 0 bridgehead atoms. The Morgan fingerprint density at radius 1 is 1.06 bits per heavy atom. The molecule has 0 amide bonds. The normalized spacial score (nSPS) is 10.5. The van der Waals surface area contributed by atoms with E-state index in [9.17, 15) is 0 Å². The van der Waals surface area contributed by atoms with Gasteiger partial charge in [0.1, 0.15) is 0 Å². The van der Waals surface area contributed by atoms with Crippen molar-refractivity contribution in [1.29, 1.82) is 0 Å². The number of rotatable bonds is 2. The smallest absolute Gasteiger partial charge is 0.153 e. The third-order valence-electron chi connectivity index (χ3n) is 2.65. The molecule has 0 aliphatic heterocycles. The quantitative estimate of drug-likeness (QED) is 0.687. The Morgan fingerprint density at radius 3 is 2.78 bits per heavy atom. The van der Waals surface area contributed by atoms with E-state index in [0.29, 0.717) is 0 Å². The highest BCUT2D eigenvalue weighted by atomic mass is 15.3. The van der Waals surface area contributed by atoms with Gasteiger partial charge in [-0.3, -0.25) is 4.98 Å². The number of hydrogen-bond acceptors (Lipinski definition) is 3. The first-order chi connectivity index (χ1) is 8.83. The van der Waals surface area contributed by atoms with Crippen LogP contribution < -0.4 is 0 Å². The highest BCUT2D eigenvalue weighted by Crippen LogP contribution is 2.16. The first-order valence-corrected chi connectivity index (χ1v) is 5.73. The fourth-order valence-corrected chi connectivity index (χ4v) is 1.77. The second-order valence-electron chi connectivity index (χ2n) is 4.03. The van der Waals surface area contributed by atoms with Crippen LogP contribution in [0.25, 0.3) is 17.1 Å². The van der Waals surface area contributed by atoms with Crippen LogP contribution in [-0.2, 0) is 0 Å². The molecule has 0 atom stereocenters.